The van der Waals surface area contributed by atoms with Crippen LogP contribution in [-0.2, 0) is 9.47 Å². The second-order valence-electron chi connectivity index (χ2n) is 3.56. The van der Waals surface area contributed by atoms with Gasteiger partial charge < -0.3 is 18.9 Å². The van der Waals surface area contributed by atoms with Crippen molar-refractivity contribution in [2.45, 2.75) is 13.8 Å². The maximum absolute atomic E-state index is 5.68. The van der Waals surface area contributed by atoms with Crippen molar-refractivity contribution in [3.63, 3.8) is 0 Å². The van der Waals surface area contributed by atoms with E-state index in [9.17, 15) is 0 Å². The molecule has 0 bridgehead atoms. The van der Waals surface area contributed by atoms with Crippen molar-refractivity contribution in [1.82, 2.24) is 0 Å². The highest BCUT2D eigenvalue weighted by molar-refractivity contribution is 7.12. The number of hydrogen-bond donors (Lipinski definition) is 0. The minimum absolute atomic E-state index is 0.536. The molecule has 98 valence electrons. The van der Waals surface area contributed by atoms with Crippen LogP contribution in [0.1, 0.15) is 9.75 Å². The minimum Gasteiger partial charge on any atom is -0.486 e. The van der Waals surface area contributed by atoms with E-state index in [0.29, 0.717) is 26.4 Å². The van der Waals surface area contributed by atoms with Crippen LogP contribution in [0.4, 0.5) is 0 Å². The molecule has 0 aliphatic carbocycles. The van der Waals surface area contributed by atoms with Crippen molar-refractivity contribution in [3.05, 3.63) is 9.75 Å². The molecule has 0 aliphatic rings. The Balaban J connectivity index is 2.65. The van der Waals surface area contributed by atoms with Crippen LogP contribution < -0.4 is 9.47 Å². The molecule has 0 aliphatic heterocycles. The van der Waals surface area contributed by atoms with E-state index in [4.69, 9.17) is 18.9 Å². The zero-order valence-electron chi connectivity index (χ0n) is 10.9. The smallest absolute Gasteiger partial charge is 0.175 e. The zero-order valence-corrected chi connectivity index (χ0v) is 11.7. The van der Waals surface area contributed by atoms with Gasteiger partial charge in [0.25, 0.3) is 0 Å². The number of aryl methyl sites for hydroxylation is 2. The first kappa shape index (κ1) is 14.3. The molecule has 4 nitrogen and oxygen atoms in total. The number of rotatable bonds is 8. The van der Waals surface area contributed by atoms with Gasteiger partial charge in [0.05, 0.1) is 13.2 Å². The molecule has 0 fully saturated rings. The first-order valence-electron chi connectivity index (χ1n) is 5.54. The molecule has 0 saturated carbocycles. The quantitative estimate of drug-likeness (QED) is 0.673. The van der Waals surface area contributed by atoms with Gasteiger partial charge in [0.2, 0.25) is 0 Å². The van der Waals surface area contributed by atoms with Crippen LogP contribution in [0.25, 0.3) is 0 Å². The molecule has 0 unspecified atom stereocenters. The fraction of sp³-hybridized carbons (Fsp3) is 0.667. The molecule has 0 atom stereocenters. The summed E-state index contributed by atoms with van der Waals surface area (Å²) in [6.45, 7) is 6.28. The summed E-state index contributed by atoms with van der Waals surface area (Å²) in [6, 6.07) is 0. The summed E-state index contributed by atoms with van der Waals surface area (Å²) in [5.41, 5.74) is 0. The lowest BCUT2D eigenvalue weighted by atomic mass is 10.4. The van der Waals surface area contributed by atoms with E-state index in [-0.39, 0.29) is 0 Å². The van der Waals surface area contributed by atoms with Crippen molar-refractivity contribution >= 4 is 11.3 Å². The van der Waals surface area contributed by atoms with Crippen molar-refractivity contribution in [3.8, 4) is 11.5 Å². The van der Waals surface area contributed by atoms with Gasteiger partial charge in [0.1, 0.15) is 13.2 Å². The largest absolute Gasteiger partial charge is 0.486 e. The van der Waals surface area contributed by atoms with E-state index in [1.807, 2.05) is 13.8 Å². The van der Waals surface area contributed by atoms with E-state index in [0.717, 1.165) is 21.3 Å². The minimum atomic E-state index is 0.536. The van der Waals surface area contributed by atoms with Crippen LogP contribution in [0, 0.1) is 13.8 Å². The monoisotopic (exact) mass is 260 g/mol. The molecule has 0 spiro atoms. The van der Waals surface area contributed by atoms with Gasteiger partial charge in [0.15, 0.2) is 11.5 Å². The summed E-state index contributed by atoms with van der Waals surface area (Å²) < 4.78 is 21.3. The van der Waals surface area contributed by atoms with E-state index in [1.54, 1.807) is 25.6 Å². The molecule has 5 heteroatoms. The molecular formula is C12H20O4S. The number of thiophene rings is 1. The maximum atomic E-state index is 5.68. The predicted molar refractivity (Wildman–Crippen MR) is 68.5 cm³/mol. The molecule has 0 aromatic carbocycles. The molecule has 0 N–H and O–H groups in total. The lowest BCUT2D eigenvalue weighted by Gasteiger charge is -2.10. The number of methoxy groups -OCH3 is 2. The zero-order chi connectivity index (χ0) is 12.7. The Bertz CT molecular complexity index is 305. The summed E-state index contributed by atoms with van der Waals surface area (Å²) in [7, 11) is 3.32. The Morgan fingerprint density at radius 2 is 1.18 bits per heavy atom. The van der Waals surface area contributed by atoms with Gasteiger partial charge >= 0.3 is 0 Å². The summed E-state index contributed by atoms with van der Waals surface area (Å²) in [6.07, 6.45) is 0. The summed E-state index contributed by atoms with van der Waals surface area (Å²) in [5, 5.41) is 0. The number of ether oxygens (including phenoxy) is 4. The predicted octanol–water partition coefficient (Wildman–Crippen LogP) is 2.42. The van der Waals surface area contributed by atoms with Gasteiger partial charge in [-0.05, 0) is 13.8 Å². The van der Waals surface area contributed by atoms with Gasteiger partial charge in [-0.2, -0.15) is 0 Å². The third-order valence-electron chi connectivity index (χ3n) is 2.22. The van der Waals surface area contributed by atoms with Gasteiger partial charge in [-0.1, -0.05) is 0 Å². The molecule has 1 aromatic heterocycles. The van der Waals surface area contributed by atoms with E-state index >= 15 is 0 Å². The topological polar surface area (TPSA) is 36.9 Å². The highest BCUT2D eigenvalue weighted by Gasteiger charge is 2.15. The van der Waals surface area contributed by atoms with Gasteiger partial charge in [-0.15, -0.1) is 11.3 Å². The lowest BCUT2D eigenvalue weighted by Crippen LogP contribution is -2.08. The van der Waals surface area contributed by atoms with Crippen molar-refractivity contribution in [2.24, 2.45) is 0 Å². The highest BCUT2D eigenvalue weighted by atomic mass is 32.1. The van der Waals surface area contributed by atoms with Crippen LogP contribution >= 0.6 is 11.3 Å². The highest BCUT2D eigenvalue weighted by Crippen LogP contribution is 2.41. The van der Waals surface area contributed by atoms with Crippen molar-refractivity contribution < 1.29 is 18.9 Å². The third kappa shape index (κ3) is 4.18. The van der Waals surface area contributed by atoms with Crippen LogP contribution in [0.15, 0.2) is 0 Å². The molecule has 17 heavy (non-hydrogen) atoms. The number of hydrogen-bond acceptors (Lipinski definition) is 5. The van der Waals surface area contributed by atoms with Crippen molar-refractivity contribution in [1.29, 1.82) is 0 Å². The van der Waals surface area contributed by atoms with E-state index in [1.165, 1.54) is 0 Å². The van der Waals surface area contributed by atoms with Crippen LogP contribution in [0.3, 0.4) is 0 Å². The summed E-state index contributed by atoms with van der Waals surface area (Å²) >= 11 is 1.68. The lowest BCUT2D eigenvalue weighted by molar-refractivity contribution is 0.132. The van der Waals surface area contributed by atoms with E-state index in [2.05, 4.69) is 0 Å². The Kier molecular flexibility index (Phi) is 6.32. The molecule has 0 amide bonds. The second-order valence-corrected chi connectivity index (χ2v) is 4.98. The van der Waals surface area contributed by atoms with Gasteiger partial charge in [-0.25, -0.2) is 0 Å². The third-order valence-corrected chi connectivity index (χ3v) is 3.20. The molecule has 0 saturated heterocycles. The second kappa shape index (κ2) is 7.53. The Hall–Kier alpha value is -0.780. The van der Waals surface area contributed by atoms with Gasteiger partial charge in [0, 0.05) is 24.0 Å². The molecule has 1 aromatic rings. The van der Waals surface area contributed by atoms with Crippen molar-refractivity contribution in [2.75, 3.05) is 40.6 Å². The fourth-order valence-electron chi connectivity index (χ4n) is 1.43. The van der Waals surface area contributed by atoms with Crippen LogP contribution in [0.2, 0.25) is 0 Å². The molecule has 1 rings (SSSR count). The fourth-order valence-corrected chi connectivity index (χ4v) is 2.38. The van der Waals surface area contributed by atoms with Crippen LogP contribution in [0.5, 0.6) is 11.5 Å². The maximum Gasteiger partial charge on any atom is 0.175 e. The molecular weight excluding hydrogens is 240 g/mol. The molecule has 1 heterocycles. The van der Waals surface area contributed by atoms with E-state index < -0.39 is 0 Å². The first-order chi connectivity index (χ1) is 8.20. The normalized spacial score (nSPS) is 10.6. The first-order valence-corrected chi connectivity index (χ1v) is 6.35. The Labute approximate surface area is 106 Å². The average Bonchev–Trinajstić information content (AvgIpc) is 2.56. The molecule has 0 radical (unpaired) electrons. The Morgan fingerprint density at radius 3 is 1.53 bits per heavy atom. The summed E-state index contributed by atoms with van der Waals surface area (Å²) in [5.74, 6) is 1.67. The summed E-state index contributed by atoms with van der Waals surface area (Å²) in [4.78, 5) is 2.26. The SMILES string of the molecule is COCCOc1c(C)sc(C)c1OCCOC. The Morgan fingerprint density at radius 1 is 0.765 bits per heavy atom. The standard InChI is InChI=1S/C12H20O4S/c1-9-11(15-7-5-13-3)12(10(2)17-9)16-8-6-14-4/h5-8H2,1-4H3. The van der Waals surface area contributed by atoms with Gasteiger partial charge in [-0.3, -0.25) is 0 Å². The van der Waals surface area contributed by atoms with Crippen LogP contribution in [-0.4, -0.2) is 40.6 Å². The average molecular weight is 260 g/mol.